The van der Waals surface area contributed by atoms with Gasteiger partial charge in [-0.05, 0) is 42.9 Å². The van der Waals surface area contributed by atoms with Crippen LogP contribution in [-0.2, 0) is 0 Å². The van der Waals surface area contributed by atoms with Gasteiger partial charge in [0.05, 0.1) is 7.11 Å². The normalized spacial score (nSPS) is 18.9. The van der Waals surface area contributed by atoms with E-state index in [1.807, 2.05) is 0 Å². The molecule has 3 nitrogen and oxygen atoms in total. The summed E-state index contributed by atoms with van der Waals surface area (Å²) >= 11 is 0. The molecule has 0 bridgehead atoms. The Morgan fingerprint density at radius 1 is 1.21 bits per heavy atom. The van der Waals surface area contributed by atoms with Gasteiger partial charge < -0.3 is 4.74 Å². The second-order valence-corrected chi connectivity index (χ2v) is 5.63. The first kappa shape index (κ1) is 14.4. The summed E-state index contributed by atoms with van der Waals surface area (Å²) in [5, 5.41) is 0. The van der Waals surface area contributed by atoms with Gasteiger partial charge in [-0.25, -0.2) is 0 Å². The molecule has 19 heavy (non-hydrogen) atoms. The van der Waals surface area contributed by atoms with Crippen molar-refractivity contribution in [2.75, 3.05) is 7.11 Å². The topological polar surface area (TPSA) is 47.3 Å². The van der Waals surface area contributed by atoms with Gasteiger partial charge in [0.15, 0.2) is 0 Å². The maximum absolute atomic E-state index is 5.83. The number of aryl methyl sites for hydroxylation is 1. The third-order valence-electron chi connectivity index (χ3n) is 4.34. The van der Waals surface area contributed by atoms with Crippen molar-refractivity contribution < 1.29 is 4.74 Å². The molecule has 1 saturated carbocycles. The van der Waals surface area contributed by atoms with Crippen molar-refractivity contribution in [3.05, 3.63) is 29.3 Å². The molecule has 0 saturated heterocycles. The number of methoxy groups -OCH3 is 1. The average molecular weight is 262 g/mol. The Balaban J connectivity index is 2.20. The standard InChI is InChI=1S/C16H26N2O/c1-12-9-10-14(11-15(12)19-2)16(18-17)13-7-5-3-4-6-8-13/h9-11,13,16,18H,3-8,17H2,1-2H3. The first-order valence-corrected chi connectivity index (χ1v) is 7.37. The Kier molecular flexibility index (Phi) is 5.23. The molecular formula is C16H26N2O. The molecule has 1 unspecified atom stereocenters. The molecule has 1 atom stereocenters. The van der Waals surface area contributed by atoms with E-state index in [1.165, 1.54) is 49.7 Å². The fourth-order valence-corrected chi connectivity index (χ4v) is 3.18. The minimum Gasteiger partial charge on any atom is -0.496 e. The van der Waals surface area contributed by atoms with Gasteiger partial charge in [0, 0.05) is 6.04 Å². The third-order valence-corrected chi connectivity index (χ3v) is 4.34. The zero-order chi connectivity index (χ0) is 13.7. The molecular weight excluding hydrogens is 236 g/mol. The van der Waals surface area contributed by atoms with Crippen LogP contribution >= 0.6 is 0 Å². The van der Waals surface area contributed by atoms with Crippen LogP contribution in [0.3, 0.4) is 0 Å². The van der Waals surface area contributed by atoms with Gasteiger partial charge in [0.2, 0.25) is 0 Å². The predicted octanol–water partition coefficient (Wildman–Crippen LogP) is 3.48. The van der Waals surface area contributed by atoms with Gasteiger partial charge in [0.25, 0.3) is 0 Å². The summed E-state index contributed by atoms with van der Waals surface area (Å²) in [5.41, 5.74) is 5.45. The fraction of sp³-hybridized carbons (Fsp3) is 0.625. The summed E-state index contributed by atoms with van der Waals surface area (Å²) in [5.74, 6) is 7.41. The largest absolute Gasteiger partial charge is 0.496 e. The van der Waals surface area contributed by atoms with Crippen molar-refractivity contribution in [2.24, 2.45) is 11.8 Å². The van der Waals surface area contributed by atoms with Gasteiger partial charge in [-0.2, -0.15) is 0 Å². The summed E-state index contributed by atoms with van der Waals surface area (Å²) < 4.78 is 5.42. The lowest BCUT2D eigenvalue weighted by Gasteiger charge is -2.26. The molecule has 1 aliphatic carbocycles. The number of ether oxygens (including phenoxy) is 1. The highest BCUT2D eigenvalue weighted by molar-refractivity contribution is 5.38. The van der Waals surface area contributed by atoms with E-state index in [0.29, 0.717) is 5.92 Å². The molecule has 0 amide bonds. The van der Waals surface area contributed by atoms with Gasteiger partial charge in [-0.3, -0.25) is 11.3 Å². The first-order chi connectivity index (χ1) is 9.26. The average Bonchev–Trinajstić information content (AvgIpc) is 2.70. The van der Waals surface area contributed by atoms with Crippen molar-refractivity contribution in [1.82, 2.24) is 5.43 Å². The number of benzene rings is 1. The summed E-state index contributed by atoms with van der Waals surface area (Å²) in [6.45, 7) is 2.07. The van der Waals surface area contributed by atoms with E-state index in [4.69, 9.17) is 10.6 Å². The zero-order valence-electron chi connectivity index (χ0n) is 12.1. The fourth-order valence-electron chi connectivity index (χ4n) is 3.18. The predicted molar refractivity (Wildman–Crippen MR) is 79.0 cm³/mol. The summed E-state index contributed by atoms with van der Waals surface area (Å²) in [6.07, 6.45) is 7.92. The minimum absolute atomic E-state index is 0.243. The molecule has 3 N–H and O–H groups in total. The summed E-state index contributed by atoms with van der Waals surface area (Å²) in [7, 11) is 1.72. The molecule has 2 rings (SSSR count). The smallest absolute Gasteiger partial charge is 0.122 e. The Bertz CT molecular complexity index is 398. The molecule has 1 aliphatic rings. The van der Waals surface area contributed by atoms with Crippen LogP contribution in [0.2, 0.25) is 0 Å². The number of hydrogen-bond donors (Lipinski definition) is 2. The zero-order valence-corrected chi connectivity index (χ0v) is 12.1. The molecule has 0 aliphatic heterocycles. The van der Waals surface area contributed by atoms with Crippen LogP contribution in [0.25, 0.3) is 0 Å². The van der Waals surface area contributed by atoms with Crippen LogP contribution in [0.5, 0.6) is 5.75 Å². The molecule has 1 aromatic carbocycles. The Labute approximate surface area is 116 Å². The van der Waals surface area contributed by atoms with Gasteiger partial charge >= 0.3 is 0 Å². The lowest BCUT2D eigenvalue weighted by molar-refractivity contribution is 0.327. The van der Waals surface area contributed by atoms with Crippen molar-refractivity contribution in [2.45, 2.75) is 51.5 Å². The molecule has 1 aromatic rings. The third kappa shape index (κ3) is 3.48. The highest BCUT2D eigenvalue weighted by atomic mass is 16.5. The van der Waals surface area contributed by atoms with E-state index in [9.17, 15) is 0 Å². The van der Waals surface area contributed by atoms with E-state index in [-0.39, 0.29) is 6.04 Å². The van der Waals surface area contributed by atoms with Crippen LogP contribution in [0.4, 0.5) is 0 Å². The van der Waals surface area contributed by atoms with Crippen LogP contribution in [0.15, 0.2) is 18.2 Å². The van der Waals surface area contributed by atoms with Crippen LogP contribution < -0.4 is 16.0 Å². The second-order valence-electron chi connectivity index (χ2n) is 5.63. The number of nitrogens with one attached hydrogen (secondary N) is 1. The maximum atomic E-state index is 5.83. The van der Waals surface area contributed by atoms with Gasteiger partial charge in [-0.15, -0.1) is 0 Å². The highest BCUT2D eigenvalue weighted by Crippen LogP contribution is 2.34. The van der Waals surface area contributed by atoms with Crippen LogP contribution in [-0.4, -0.2) is 7.11 Å². The molecule has 0 heterocycles. The van der Waals surface area contributed by atoms with Crippen molar-refractivity contribution >= 4 is 0 Å². The van der Waals surface area contributed by atoms with Gasteiger partial charge in [-0.1, -0.05) is 37.8 Å². The van der Waals surface area contributed by atoms with E-state index in [2.05, 4.69) is 30.5 Å². The summed E-state index contributed by atoms with van der Waals surface area (Å²) in [4.78, 5) is 0. The van der Waals surface area contributed by atoms with Crippen molar-refractivity contribution in [1.29, 1.82) is 0 Å². The van der Waals surface area contributed by atoms with Crippen LogP contribution in [0, 0.1) is 12.8 Å². The van der Waals surface area contributed by atoms with E-state index in [0.717, 1.165) is 5.75 Å². The molecule has 3 heteroatoms. The Hall–Kier alpha value is -1.06. The maximum Gasteiger partial charge on any atom is 0.122 e. The number of hydrazine groups is 1. The Morgan fingerprint density at radius 3 is 2.47 bits per heavy atom. The molecule has 0 spiro atoms. The van der Waals surface area contributed by atoms with E-state index < -0.39 is 0 Å². The van der Waals surface area contributed by atoms with Gasteiger partial charge in [0.1, 0.15) is 5.75 Å². The van der Waals surface area contributed by atoms with E-state index >= 15 is 0 Å². The van der Waals surface area contributed by atoms with Crippen molar-refractivity contribution in [3.8, 4) is 5.75 Å². The van der Waals surface area contributed by atoms with E-state index in [1.54, 1.807) is 7.11 Å². The molecule has 1 fully saturated rings. The number of rotatable bonds is 4. The quantitative estimate of drug-likeness (QED) is 0.496. The highest BCUT2D eigenvalue weighted by Gasteiger charge is 2.23. The summed E-state index contributed by atoms with van der Waals surface area (Å²) in [6, 6.07) is 6.67. The first-order valence-electron chi connectivity index (χ1n) is 7.37. The molecule has 106 valence electrons. The molecule has 0 radical (unpaired) electrons. The molecule has 0 aromatic heterocycles. The lowest BCUT2D eigenvalue weighted by atomic mass is 9.87. The monoisotopic (exact) mass is 262 g/mol. The second kappa shape index (κ2) is 6.92. The van der Waals surface area contributed by atoms with Crippen LogP contribution in [0.1, 0.15) is 55.7 Å². The minimum atomic E-state index is 0.243. The SMILES string of the molecule is COc1cc(C(NN)C2CCCCCC2)ccc1C. The number of hydrogen-bond acceptors (Lipinski definition) is 3. The Morgan fingerprint density at radius 2 is 1.89 bits per heavy atom. The lowest BCUT2D eigenvalue weighted by Crippen LogP contribution is -2.33. The van der Waals surface area contributed by atoms with Crippen molar-refractivity contribution in [3.63, 3.8) is 0 Å². The number of nitrogens with two attached hydrogens (primary N) is 1.